The average Bonchev–Trinajstić information content (AvgIpc) is 2.73. The first-order chi connectivity index (χ1) is 8.43. The van der Waals surface area contributed by atoms with Crippen LogP contribution in [-0.2, 0) is 11.3 Å². The van der Waals surface area contributed by atoms with Gasteiger partial charge in [0.05, 0.1) is 18.1 Å². The van der Waals surface area contributed by atoms with Crippen LogP contribution < -0.4 is 0 Å². The van der Waals surface area contributed by atoms with Crippen LogP contribution in [0, 0.1) is 11.8 Å². The Bertz CT molecular complexity index is 429. The van der Waals surface area contributed by atoms with Crippen molar-refractivity contribution in [3.8, 4) is 11.8 Å². The Hall–Kier alpha value is -1.03. The van der Waals surface area contributed by atoms with E-state index in [0.29, 0.717) is 11.3 Å². The molecular formula is C12H13F3O2S. The second-order valence-corrected chi connectivity index (χ2v) is 4.70. The molecule has 1 aromatic heterocycles. The Kier molecular flexibility index (Phi) is 5.66. The van der Waals surface area contributed by atoms with E-state index in [9.17, 15) is 13.2 Å². The molecule has 1 unspecified atom stereocenters. The Labute approximate surface area is 107 Å². The Balaban J connectivity index is 2.48. The lowest BCUT2D eigenvalue weighted by Crippen LogP contribution is -2.28. The lowest BCUT2D eigenvalue weighted by atomic mass is 10.4. The number of halogens is 3. The number of ether oxygens (including phenoxy) is 1. The number of aliphatic hydroxyl groups is 1. The SMILES string of the molecule is CC(OCc1ccc(C#CCCO)s1)C(F)(F)F. The molecule has 100 valence electrons. The van der Waals surface area contributed by atoms with Gasteiger partial charge in [-0.05, 0) is 19.1 Å². The lowest BCUT2D eigenvalue weighted by molar-refractivity contribution is -0.217. The van der Waals surface area contributed by atoms with Crippen molar-refractivity contribution >= 4 is 11.3 Å². The molecule has 1 atom stereocenters. The van der Waals surface area contributed by atoms with Gasteiger partial charge in [-0.3, -0.25) is 0 Å². The van der Waals surface area contributed by atoms with Gasteiger partial charge in [0.1, 0.15) is 0 Å². The molecule has 1 N–H and O–H groups in total. The normalized spacial score (nSPS) is 12.9. The molecule has 0 aliphatic heterocycles. The first-order valence-corrected chi connectivity index (χ1v) is 6.12. The Morgan fingerprint density at radius 2 is 2.17 bits per heavy atom. The number of rotatable bonds is 4. The van der Waals surface area contributed by atoms with E-state index in [2.05, 4.69) is 11.8 Å². The van der Waals surface area contributed by atoms with Crippen LogP contribution in [0.2, 0.25) is 0 Å². The van der Waals surface area contributed by atoms with E-state index >= 15 is 0 Å². The summed E-state index contributed by atoms with van der Waals surface area (Å²) in [6.45, 7) is 0.903. The molecule has 0 fully saturated rings. The zero-order valence-electron chi connectivity index (χ0n) is 9.75. The van der Waals surface area contributed by atoms with Gasteiger partial charge < -0.3 is 9.84 Å². The second-order valence-electron chi connectivity index (χ2n) is 3.54. The topological polar surface area (TPSA) is 29.5 Å². The van der Waals surface area contributed by atoms with Crippen LogP contribution in [0.25, 0.3) is 0 Å². The van der Waals surface area contributed by atoms with Gasteiger partial charge in [0.25, 0.3) is 0 Å². The predicted molar refractivity (Wildman–Crippen MR) is 63.2 cm³/mol. The minimum absolute atomic E-state index is 0.00254. The van der Waals surface area contributed by atoms with Crippen molar-refractivity contribution in [1.29, 1.82) is 0 Å². The van der Waals surface area contributed by atoms with Gasteiger partial charge >= 0.3 is 6.18 Å². The van der Waals surface area contributed by atoms with Crippen LogP contribution >= 0.6 is 11.3 Å². The van der Waals surface area contributed by atoms with Crippen LogP contribution in [0.4, 0.5) is 13.2 Å². The molecule has 0 saturated carbocycles. The van der Waals surface area contributed by atoms with Crippen molar-refractivity contribution in [2.45, 2.75) is 32.2 Å². The van der Waals surface area contributed by atoms with E-state index in [-0.39, 0.29) is 13.2 Å². The highest BCUT2D eigenvalue weighted by atomic mass is 32.1. The van der Waals surface area contributed by atoms with E-state index in [1.807, 2.05) is 0 Å². The fourth-order valence-corrected chi connectivity index (χ4v) is 1.83. The number of thiophene rings is 1. The van der Waals surface area contributed by atoms with E-state index in [1.54, 1.807) is 12.1 Å². The van der Waals surface area contributed by atoms with E-state index < -0.39 is 12.3 Å². The molecule has 1 rings (SSSR count). The molecule has 0 aliphatic rings. The summed E-state index contributed by atoms with van der Waals surface area (Å²) in [5, 5.41) is 8.55. The van der Waals surface area contributed by atoms with E-state index in [0.717, 1.165) is 11.8 Å². The zero-order valence-corrected chi connectivity index (χ0v) is 10.6. The van der Waals surface area contributed by atoms with Crippen LogP contribution in [0.5, 0.6) is 0 Å². The highest BCUT2D eigenvalue weighted by molar-refractivity contribution is 7.12. The molecule has 0 saturated heterocycles. The van der Waals surface area contributed by atoms with Gasteiger partial charge in [-0.25, -0.2) is 0 Å². The third-order valence-corrected chi connectivity index (χ3v) is 3.02. The minimum atomic E-state index is -4.33. The van der Waals surface area contributed by atoms with Gasteiger partial charge in [-0.2, -0.15) is 13.2 Å². The number of alkyl halides is 3. The maximum absolute atomic E-state index is 12.2. The van der Waals surface area contributed by atoms with Gasteiger partial charge in [0.15, 0.2) is 6.10 Å². The quantitative estimate of drug-likeness (QED) is 0.858. The van der Waals surface area contributed by atoms with E-state index in [4.69, 9.17) is 9.84 Å². The minimum Gasteiger partial charge on any atom is -0.395 e. The molecule has 18 heavy (non-hydrogen) atoms. The maximum atomic E-state index is 12.2. The number of aliphatic hydroxyl groups excluding tert-OH is 1. The molecule has 0 bridgehead atoms. The second kappa shape index (κ2) is 6.78. The molecule has 0 aromatic carbocycles. The molecule has 2 nitrogen and oxygen atoms in total. The van der Waals surface area contributed by atoms with Crippen molar-refractivity contribution in [2.75, 3.05) is 6.61 Å². The lowest BCUT2D eigenvalue weighted by Gasteiger charge is -2.15. The summed E-state index contributed by atoms with van der Waals surface area (Å²) in [7, 11) is 0. The molecule has 0 radical (unpaired) electrons. The standard InChI is InChI=1S/C12H13F3O2S/c1-9(12(13,14)15)17-8-11-6-5-10(18-11)4-2-3-7-16/h5-6,9,16H,3,7-8H2,1H3. The molecule has 0 amide bonds. The average molecular weight is 278 g/mol. The van der Waals surface area contributed by atoms with Crippen LogP contribution in [0.3, 0.4) is 0 Å². The predicted octanol–water partition coefficient (Wildman–Crippen LogP) is 2.95. The number of hydrogen-bond acceptors (Lipinski definition) is 3. The fraction of sp³-hybridized carbons (Fsp3) is 0.500. The summed E-state index contributed by atoms with van der Waals surface area (Å²) in [5.41, 5.74) is 0. The van der Waals surface area contributed by atoms with Crippen molar-refractivity contribution in [1.82, 2.24) is 0 Å². The first kappa shape index (κ1) is 15.0. The Morgan fingerprint density at radius 1 is 1.44 bits per heavy atom. The summed E-state index contributed by atoms with van der Waals surface area (Å²) in [5.74, 6) is 5.56. The third kappa shape index (κ3) is 5.08. The molecule has 1 aromatic rings. The first-order valence-electron chi connectivity index (χ1n) is 5.30. The van der Waals surface area contributed by atoms with Crippen molar-refractivity contribution in [3.05, 3.63) is 21.9 Å². The van der Waals surface area contributed by atoms with Gasteiger partial charge in [0, 0.05) is 11.3 Å². The molecule has 1 heterocycles. The molecular weight excluding hydrogens is 265 g/mol. The van der Waals surface area contributed by atoms with Gasteiger partial charge in [0.2, 0.25) is 0 Å². The van der Waals surface area contributed by atoms with Gasteiger partial charge in [-0.1, -0.05) is 11.8 Å². The highest BCUT2D eigenvalue weighted by Gasteiger charge is 2.36. The molecule has 0 aliphatic carbocycles. The Morgan fingerprint density at radius 3 is 2.78 bits per heavy atom. The van der Waals surface area contributed by atoms with Crippen molar-refractivity contribution in [3.63, 3.8) is 0 Å². The summed E-state index contributed by atoms with van der Waals surface area (Å²) < 4.78 is 41.3. The summed E-state index contributed by atoms with van der Waals surface area (Å²) in [6, 6.07) is 3.42. The van der Waals surface area contributed by atoms with Crippen molar-refractivity contribution < 1.29 is 23.0 Å². The maximum Gasteiger partial charge on any atom is 0.414 e. The summed E-state index contributed by atoms with van der Waals surface area (Å²) in [6.07, 6.45) is -5.72. The largest absolute Gasteiger partial charge is 0.414 e. The van der Waals surface area contributed by atoms with Crippen LogP contribution in [0.1, 0.15) is 23.1 Å². The third-order valence-electron chi connectivity index (χ3n) is 2.05. The summed E-state index contributed by atoms with van der Waals surface area (Å²) in [4.78, 5) is 1.45. The van der Waals surface area contributed by atoms with Crippen LogP contribution in [-0.4, -0.2) is 24.0 Å². The molecule has 0 spiro atoms. The zero-order chi connectivity index (χ0) is 13.6. The van der Waals surface area contributed by atoms with E-state index in [1.165, 1.54) is 11.3 Å². The van der Waals surface area contributed by atoms with Crippen molar-refractivity contribution in [2.24, 2.45) is 0 Å². The smallest absolute Gasteiger partial charge is 0.395 e. The monoisotopic (exact) mass is 278 g/mol. The van der Waals surface area contributed by atoms with Gasteiger partial charge in [-0.15, -0.1) is 11.3 Å². The summed E-state index contributed by atoms with van der Waals surface area (Å²) >= 11 is 1.29. The number of hydrogen-bond donors (Lipinski definition) is 1. The fourth-order valence-electron chi connectivity index (χ4n) is 1.03. The molecule has 6 heteroatoms. The highest BCUT2D eigenvalue weighted by Crippen LogP contribution is 2.24. The van der Waals surface area contributed by atoms with Crippen LogP contribution in [0.15, 0.2) is 12.1 Å².